The van der Waals surface area contributed by atoms with Crippen molar-refractivity contribution < 1.29 is 24.2 Å². The van der Waals surface area contributed by atoms with Crippen LogP contribution in [0.3, 0.4) is 0 Å². The molecule has 2 rings (SSSR count). The number of aliphatic hydroxyl groups is 1. The van der Waals surface area contributed by atoms with Crippen molar-refractivity contribution in [1.82, 2.24) is 10.2 Å². The highest BCUT2D eigenvalue weighted by atomic mass is 16.5. The fraction of sp³-hybridized carbons (Fsp3) is 0.737. The second-order valence-corrected chi connectivity index (χ2v) is 8.06. The number of amides is 2. The highest BCUT2D eigenvalue weighted by Crippen LogP contribution is 2.44. The standard InChI is InChI=1S/C19H30N2O5/c1-6-26-18(25)13-11(2)7-8-12-14(13)17(24)21(9-10-22)15(12)16(23)20-19(3,4)5/h7-8,11-15,22H,6,9-10H2,1-5H3,(H,20,23)/t11-,12+,13-,14+,15+/m1/s1. The number of aliphatic hydroxyl groups excluding tert-OH is 1. The quantitative estimate of drug-likeness (QED) is 0.552. The number of nitrogens with zero attached hydrogens (tertiary/aromatic N) is 1. The Bertz CT molecular complexity index is 595. The van der Waals surface area contributed by atoms with E-state index in [0.717, 1.165) is 0 Å². The van der Waals surface area contributed by atoms with Crippen LogP contribution in [-0.2, 0) is 19.1 Å². The minimum atomic E-state index is -0.737. The molecule has 0 unspecified atom stereocenters. The first kappa shape index (κ1) is 20.4. The number of nitrogens with one attached hydrogen (secondary N) is 1. The number of carbonyl (C=O) groups is 3. The summed E-state index contributed by atoms with van der Waals surface area (Å²) in [5.74, 6) is -2.78. The molecule has 2 aliphatic rings. The summed E-state index contributed by atoms with van der Waals surface area (Å²) in [6, 6.07) is -0.737. The zero-order valence-corrected chi connectivity index (χ0v) is 16.2. The van der Waals surface area contributed by atoms with Crippen LogP contribution < -0.4 is 5.32 Å². The average Bonchev–Trinajstić information content (AvgIpc) is 2.79. The van der Waals surface area contributed by atoms with E-state index in [4.69, 9.17) is 4.74 Å². The van der Waals surface area contributed by atoms with Gasteiger partial charge < -0.3 is 20.1 Å². The van der Waals surface area contributed by atoms with Crippen LogP contribution in [0.2, 0.25) is 0 Å². The number of likely N-dealkylation sites (tertiary alicyclic amines) is 1. The summed E-state index contributed by atoms with van der Waals surface area (Å²) in [5, 5.41) is 12.3. The number of ether oxygens (including phenoxy) is 1. The van der Waals surface area contributed by atoms with E-state index in [-0.39, 0.29) is 37.5 Å². The Morgan fingerprint density at radius 1 is 1.31 bits per heavy atom. The predicted molar refractivity (Wildman–Crippen MR) is 95.9 cm³/mol. The summed E-state index contributed by atoms with van der Waals surface area (Å²) >= 11 is 0. The molecule has 0 aromatic rings. The fourth-order valence-electron chi connectivity index (χ4n) is 3.98. The zero-order valence-electron chi connectivity index (χ0n) is 16.2. The van der Waals surface area contributed by atoms with Gasteiger partial charge in [0.05, 0.1) is 25.0 Å². The molecule has 2 amide bonds. The van der Waals surface area contributed by atoms with Gasteiger partial charge in [-0.05, 0) is 33.6 Å². The van der Waals surface area contributed by atoms with Gasteiger partial charge in [0.15, 0.2) is 0 Å². The second-order valence-electron chi connectivity index (χ2n) is 8.06. The van der Waals surface area contributed by atoms with Crippen molar-refractivity contribution in [3.8, 4) is 0 Å². The molecule has 7 heteroatoms. The van der Waals surface area contributed by atoms with Gasteiger partial charge in [-0.2, -0.15) is 0 Å². The van der Waals surface area contributed by atoms with Crippen LogP contribution in [0, 0.1) is 23.7 Å². The lowest BCUT2D eigenvalue weighted by Gasteiger charge is -2.33. The summed E-state index contributed by atoms with van der Waals surface area (Å²) in [4.78, 5) is 39.9. The molecule has 146 valence electrons. The van der Waals surface area contributed by atoms with Gasteiger partial charge in [-0.3, -0.25) is 14.4 Å². The summed E-state index contributed by atoms with van der Waals surface area (Å²) in [6.07, 6.45) is 3.75. The van der Waals surface area contributed by atoms with Gasteiger partial charge in [-0.1, -0.05) is 19.1 Å². The molecule has 7 nitrogen and oxygen atoms in total. The number of fused-ring (bicyclic) bond motifs is 1. The Labute approximate surface area is 154 Å². The molecule has 1 heterocycles. The Balaban J connectivity index is 2.40. The fourth-order valence-corrected chi connectivity index (χ4v) is 3.98. The smallest absolute Gasteiger partial charge is 0.310 e. The molecular formula is C19H30N2O5. The third-order valence-electron chi connectivity index (χ3n) is 4.94. The van der Waals surface area contributed by atoms with E-state index >= 15 is 0 Å². The van der Waals surface area contributed by atoms with Crippen LogP contribution in [0.5, 0.6) is 0 Å². The summed E-state index contributed by atoms with van der Waals surface area (Å²) in [5.41, 5.74) is -0.449. The van der Waals surface area contributed by atoms with E-state index in [1.54, 1.807) is 6.92 Å². The van der Waals surface area contributed by atoms with Crippen LogP contribution in [0.1, 0.15) is 34.6 Å². The predicted octanol–water partition coefficient (Wildman–Crippen LogP) is 0.722. The van der Waals surface area contributed by atoms with E-state index in [2.05, 4.69) is 5.32 Å². The minimum Gasteiger partial charge on any atom is -0.466 e. The molecular weight excluding hydrogens is 336 g/mol. The van der Waals surface area contributed by atoms with Crippen molar-refractivity contribution >= 4 is 17.8 Å². The SMILES string of the molecule is CCOC(=O)[C@H]1[C@H]2C(=O)N(CCO)[C@H](C(=O)NC(C)(C)C)[C@H]2C=C[C@H]1C. The van der Waals surface area contributed by atoms with Crippen molar-refractivity contribution in [3.63, 3.8) is 0 Å². The van der Waals surface area contributed by atoms with Crippen molar-refractivity contribution in [2.75, 3.05) is 19.8 Å². The molecule has 1 saturated heterocycles. The maximum Gasteiger partial charge on any atom is 0.310 e. The lowest BCUT2D eigenvalue weighted by Crippen LogP contribution is -2.53. The number of esters is 1. The monoisotopic (exact) mass is 366 g/mol. The van der Waals surface area contributed by atoms with Crippen molar-refractivity contribution in [3.05, 3.63) is 12.2 Å². The zero-order chi connectivity index (χ0) is 19.6. The first-order chi connectivity index (χ1) is 12.1. The van der Waals surface area contributed by atoms with Gasteiger partial charge in [0.2, 0.25) is 11.8 Å². The Morgan fingerprint density at radius 2 is 1.96 bits per heavy atom. The van der Waals surface area contributed by atoms with Gasteiger partial charge in [0, 0.05) is 18.0 Å². The molecule has 0 bridgehead atoms. The van der Waals surface area contributed by atoms with E-state index in [1.807, 2.05) is 39.8 Å². The lowest BCUT2D eigenvalue weighted by molar-refractivity contribution is -0.155. The Morgan fingerprint density at radius 3 is 2.50 bits per heavy atom. The first-order valence-electron chi connectivity index (χ1n) is 9.20. The third kappa shape index (κ3) is 3.92. The molecule has 0 radical (unpaired) electrons. The van der Waals surface area contributed by atoms with E-state index < -0.39 is 35.3 Å². The van der Waals surface area contributed by atoms with Gasteiger partial charge >= 0.3 is 5.97 Å². The average molecular weight is 366 g/mol. The molecule has 26 heavy (non-hydrogen) atoms. The summed E-state index contributed by atoms with van der Waals surface area (Å²) in [6.45, 7) is 9.28. The summed E-state index contributed by atoms with van der Waals surface area (Å²) < 4.78 is 5.19. The number of hydrogen-bond acceptors (Lipinski definition) is 5. The van der Waals surface area contributed by atoms with Crippen molar-refractivity contribution in [1.29, 1.82) is 0 Å². The molecule has 0 spiro atoms. The summed E-state index contributed by atoms with van der Waals surface area (Å²) in [7, 11) is 0. The van der Waals surface area contributed by atoms with Gasteiger partial charge in [-0.15, -0.1) is 0 Å². The van der Waals surface area contributed by atoms with Crippen LogP contribution in [0.4, 0.5) is 0 Å². The van der Waals surface area contributed by atoms with Crippen LogP contribution in [0.15, 0.2) is 12.2 Å². The van der Waals surface area contributed by atoms with Crippen LogP contribution in [-0.4, -0.2) is 59.1 Å². The Kier molecular flexibility index (Phi) is 6.11. The molecule has 1 fully saturated rings. The number of β-amino-alcohol motifs (C(OH)–C–C–N with tert-alkyl or cyclic N) is 1. The maximum atomic E-state index is 13.1. The number of carbonyl (C=O) groups excluding carboxylic acids is 3. The van der Waals surface area contributed by atoms with E-state index in [9.17, 15) is 19.5 Å². The third-order valence-corrected chi connectivity index (χ3v) is 4.94. The molecule has 1 aliphatic carbocycles. The molecule has 1 aliphatic heterocycles. The minimum absolute atomic E-state index is 0.0613. The molecule has 2 N–H and O–H groups in total. The van der Waals surface area contributed by atoms with Crippen molar-refractivity contribution in [2.45, 2.75) is 46.2 Å². The normalized spacial score (nSPS) is 30.9. The second kappa shape index (κ2) is 7.78. The Hall–Kier alpha value is -1.89. The maximum absolute atomic E-state index is 13.1. The van der Waals surface area contributed by atoms with Gasteiger partial charge in [0.1, 0.15) is 6.04 Å². The van der Waals surface area contributed by atoms with E-state index in [1.165, 1.54) is 4.90 Å². The highest BCUT2D eigenvalue weighted by Gasteiger charge is 2.57. The molecule has 0 aromatic carbocycles. The molecule has 0 saturated carbocycles. The largest absolute Gasteiger partial charge is 0.466 e. The van der Waals surface area contributed by atoms with Crippen LogP contribution >= 0.6 is 0 Å². The molecule has 5 atom stereocenters. The highest BCUT2D eigenvalue weighted by molar-refractivity contribution is 5.96. The van der Waals surface area contributed by atoms with E-state index in [0.29, 0.717) is 0 Å². The number of rotatable bonds is 5. The first-order valence-corrected chi connectivity index (χ1v) is 9.20. The van der Waals surface area contributed by atoms with Crippen LogP contribution in [0.25, 0.3) is 0 Å². The van der Waals surface area contributed by atoms with Gasteiger partial charge in [-0.25, -0.2) is 0 Å². The van der Waals surface area contributed by atoms with Gasteiger partial charge in [0.25, 0.3) is 0 Å². The van der Waals surface area contributed by atoms with Crippen molar-refractivity contribution in [2.24, 2.45) is 23.7 Å². The number of hydrogen-bond donors (Lipinski definition) is 2. The number of allylic oxidation sites excluding steroid dienone is 1. The molecule has 0 aromatic heterocycles. The topological polar surface area (TPSA) is 95.9 Å². The lowest BCUT2D eigenvalue weighted by atomic mass is 9.70.